The summed E-state index contributed by atoms with van der Waals surface area (Å²) in [4.78, 5) is 34.7. The fraction of sp³-hybridized carbons (Fsp3) is 0.536. The van der Waals surface area contributed by atoms with Crippen LogP contribution in [0, 0.1) is 5.92 Å². The number of pyridine rings is 1. The van der Waals surface area contributed by atoms with Crippen molar-refractivity contribution in [2.45, 2.75) is 52.0 Å². The molecule has 2 fully saturated rings. The molecule has 1 unspecified atom stereocenters. The number of hydrogen-bond acceptors (Lipinski definition) is 6. The summed E-state index contributed by atoms with van der Waals surface area (Å²) in [5.41, 5.74) is 8.45. The molecule has 2 saturated heterocycles. The van der Waals surface area contributed by atoms with Crippen molar-refractivity contribution >= 4 is 29.0 Å². The van der Waals surface area contributed by atoms with E-state index in [0.717, 1.165) is 30.9 Å². The van der Waals surface area contributed by atoms with Crippen molar-refractivity contribution in [3.63, 3.8) is 0 Å². The van der Waals surface area contributed by atoms with Crippen molar-refractivity contribution in [1.29, 1.82) is 0 Å². The Kier molecular flexibility index (Phi) is 10.1. The Morgan fingerprint density at radius 2 is 1.81 bits per heavy atom. The largest absolute Gasteiger partial charge is 0.383 e. The van der Waals surface area contributed by atoms with Gasteiger partial charge in [0.25, 0.3) is 0 Å². The fourth-order valence-corrected chi connectivity index (χ4v) is 4.85. The first-order chi connectivity index (χ1) is 17.3. The molecule has 1 atom stereocenters. The maximum absolute atomic E-state index is 12.1. The number of carbonyl (C=O) groups is 2. The molecule has 2 amide bonds. The first kappa shape index (κ1) is 27.5. The van der Waals surface area contributed by atoms with Gasteiger partial charge in [0.15, 0.2) is 0 Å². The van der Waals surface area contributed by atoms with Crippen LogP contribution in [0.2, 0.25) is 0 Å². The number of hydrogen-bond donors (Lipinski definition) is 2. The number of aromatic nitrogens is 1. The maximum atomic E-state index is 12.1. The van der Waals surface area contributed by atoms with Crippen molar-refractivity contribution < 1.29 is 9.59 Å². The molecule has 1 aromatic carbocycles. The number of benzene rings is 1. The minimum Gasteiger partial charge on any atom is -0.383 e. The molecule has 4 rings (SSSR count). The van der Waals surface area contributed by atoms with Gasteiger partial charge in [0.05, 0.1) is 11.9 Å². The number of likely N-dealkylation sites (tertiary alicyclic amines) is 1. The Labute approximate surface area is 215 Å². The van der Waals surface area contributed by atoms with E-state index in [-0.39, 0.29) is 0 Å². The topological polar surface area (TPSA) is 94.8 Å². The zero-order chi connectivity index (χ0) is 26.1. The highest BCUT2D eigenvalue weighted by molar-refractivity contribution is 6.39. The van der Waals surface area contributed by atoms with Crippen molar-refractivity contribution in [1.82, 2.24) is 14.8 Å². The molecule has 0 radical (unpaired) electrons. The Morgan fingerprint density at radius 1 is 1.11 bits per heavy atom. The number of rotatable bonds is 4. The van der Waals surface area contributed by atoms with Crippen LogP contribution in [-0.4, -0.2) is 72.9 Å². The summed E-state index contributed by atoms with van der Waals surface area (Å²) in [6, 6.07) is 13.2. The van der Waals surface area contributed by atoms with Crippen LogP contribution < -0.4 is 16.0 Å². The summed E-state index contributed by atoms with van der Waals surface area (Å²) in [5, 5.41) is 2.61. The van der Waals surface area contributed by atoms with Gasteiger partial charge < -0.3 is 25.8 Å². The number of para-hydroxylation sites is 1. The molecule has 0 bridgehead atoms. The number of nitrogens with zero attached hydrogens (tertiary/aromatic N) is 4. The lowest BCUT2D eigenvalue weighted by Crippen LogP contribution is -2.44. The molecule has 2 aromatic rings. The molecular formula is C28H42N6O2. The van der Waals surface area contributed by atoms with E-state index in [2.05, 4.69) is 71.5 Å². The van der Waals surface area contributed by atoms with Crippen molar-refractivity contribution in [3.05, 3.63) is 48.2 Å². The van der Waals surface area contributed by atoms with Crippen molar-refractivity contribution in [3.8, 4) is 0 Å². The number of amides is 2. The molecule has 2 aliphatic heterocycles. The lowest BCUT2D eigenvalue weighted by Gasteiger charge is -2.36. The molecule has 0 spiro atoms. The Morgan fingerprint density at radius 3 is 2.42 bits per heavy atom. The second kappa shape index (κ2) is 13.3. The highest BCUT2D eigenvalue weighted by Gasteiger charge is 2.26. The van der Waals surface area contributed by atoms with Gasteiger partial charge in [-0.15, -0.1) is 0 Å². The second-order valence-electron chi connectivity index (χ2n) is 10.1. The lowest BCUT2D eigenvalue weighted by atomic mass is 10.0. The van der Waals surface area contributed by atoms with Crippen molar-refractivity contribution in [2.24, 2.45) is 5.92 Å². The SMILES string of the molecule is CCc1cc(NC(=O)C(=O)N2CCCC(C)C2)cnc1N.CN(C)C1CCN(c2ccccc2)CC1. The van der Waals surface area contributed by atoms with Gasteiger partial charge in [-0.25, -0.2) is 4.98 Å². The standard InChI is InChI=1S/C15H22N4O2.C13H20N2/c1-3-11-7-12(8-17-13(11)16)18-14(20)15(21)19-6-4-5-10(2)9-19;1-14(2)12-8-10-15(11-9-12)13-6-4-3-5-7-13/h7-8,10H,3-6,9H2,1-2H3,(H2,16,17)(H,18,20);3-7,12H,8-11H2,1-2H3. The molecule has 0 saturated carbocycles. The zero-order valence-electron chi connectivity index (χ0n) is 22.2. The van der Waals surface area contributed by atoms with Gasteiger partial charge in [-0.05, 0) is 75.9 Å². The van der Waals surface area contributed by atoms with Crippen LogP contribution in [-0.2, 0) is 16.0 Å². The summed E-state index contributed by atoms with van der Waals surface area (Å²) < 4.78 is 0. The third-order valence-electron chi connectivity index (χ3n) is 7.09. The Balaban J connectivity index is 0.000000212. The molecule has 0 aliphatic carbocycles. The number of aryl methyl sites for hydroxylation is 1. The number of nitrogens with one attached hydrogen (secondary N) is 1. The van der Waals surface area contributed by atoms with Gasteiger partial charge in [0, 0.05) is 37.9 Å². The van der Waals surface area contributed by atoms with E-state index in [1.807, 2.05) is 6.92 Å². The monoisotopic (exact) mass is 494 g/mol. The predicted molar refractivity (Wildman–Crippen MR) is 147 cm³/mol. The number of anilines is 3. The molecule has 2 aliphatic rings. The van der Waals surface area contributed by atoms with Crippen molar-refractivity contribution in [2.75, 3.05) is 56.2 Å². The number of carbonyl (C=O) groups excluding carboxylic acids is 2. The van der Waals surface area contributed by atoms with E-state index < -0.39 is 11.8 Å². The van der Waals surface area contributed by atoms with Crippen LogP contribution in [0.1, 0.15) is 45.1 Å². The van der Waals surface area contributed by atoms with Gasteiger partial charge >= 0.3 is 11.8 Å². The fourth-order valence-electron chi connectivity index (χ4n) is 4.85. The molecule has 8 nitrogen and oxygen atoms in total. The van der Waals surface area contributed by atoms with Gasteiger partial charge in [0.1, 0.15) is 5.82 Å². The average molecular weight is 495 g/mol. The number of piperidine rings is 2. The average Bonchev–Trinajstić information content (AvgIpc) is 2.90. The quantitative estimate of drug-likeness (QED) is 0.630. The Hall–Kier alpha value is -3.13. The molecule has 3 N–H and O–H groups in total. The summed E-state index contributed by atoms with van der Waals surface area (Å²) in [6.07, 6.45) is 6.80. The van der Waals surface area contributed by atoms with Crippen LogP contribution in [0.25, 0.3) is 0 Å². The molecule has 196 valence electrons. The summed E-state index contributed by atoms with van der Waals surface area (Å²) in [7, 11) is 4.37. The van der Waals surface area contributed by atoms with Gasteiger partial charge in [-0.1, -0.05) is 32.0 Å². The highest BCUT2D eigenvalue weighted by atomic mass is 16.2. The zero-order valence-corrected chi connectivity index (χ0v) is 22.2. The molecule has 1 aromatic heterocycles. The summed E-state index contributed by atoms with van der Waals surface area (Å²) in [5.74, 6) is -0.193. The second-order valence-corrected chi connectivity index (χ2v) is 10.1. The molecule has 3 heterocycles. The van der Waals surface area contributed by atoms with Crippen LogP contribution >= 0.6 is 0 Å². The van der Waals surface area contributed by atoms with E-state index >= 15 is 0 Å². The lowest BCUT2D eigenvalue weighted by molar-refractivity contribution is -0.144. The third kappa shape index (κ3) is 7.68. The van der Waals surface area contributed by atoms with E-state index in [1.54, 1.807) is 11.0 Å². The third-order valence-corrected chi connectivity index (χ3v) is 7.09. The van der Waals surface area contributed by atoms with Gasteiger partial charge in [0.2, 0.25) is 0 Å². The van der Waals surface area contributed by atoms with Gasteiger partial charge in [-0.2, -0.15) is 0 Å². The Bertz CT molecular complexity index is 989. The summed E-state index contributed by atoms with van der Waals surface area (Å²) >= 11 is 0. The summed E-state index contributed by atoms with van der Waals surface area (Å²) in [6.45, 7) is 7.72. The van der Waals surface area contributed by atoms with Crippen LogP contribution in [0.4, 0.5) is 17.2 Å². The van der Waals surface area contributed by atoms with E-state index in [1.165, 1.54) is 37.8 Å². The molecule has 36 heavy (non-hydrogen) atoms. The van der Waals surface area contributed by atoms with Crippen LogP contribution in [0.5, 0.6) is 0 Å². The molecule has 8 heteroatoms. The minimum absolute atomic E-state index is 0.445. The molecular weight excluding hydrogens is 452 g/mol. The first-order valence-corrected chi connectivity index (χ1v) is 13.1. The smallest absolute Gasteiger partial charge is 0.313 e. The maximum Gasteiger partial charge on any atom is 0.313 e. The van der Waals surface area contributed by atoms with E-state index in [0.29, 0.717) is 30.5 Å². The first-order valence-electron chi connectivity index (χ1n) is 13.1. The minimum atomic E-state index is -0.613. The van der Waals surface area contributed by atoms with Gasteiger partial charge in [-0.3, -0.25) is 9.59 Å². The van der Waals surface area contributed by atoms with Crippen LogP contribution in [0.3, 0.4) is 0 Å². The van der Waals surface area contributed by atoms with Crippen LogP contribution in [0.15, 0.2) is 42.6 Å². The number of nitrogen functional groups attached to an aromatic ring is 1. The van der Waals surface area contributed by atoms with E-state index in [9.17, 15) is 9.59 Å². The predicted octanol–water partition coefficient (Wildman–Crippen LogP) is 3.64. The highest BCUT2D eigenvalue weighted by Crippen LogP contribution is 2.21. The number of nitrogens with two attached hydrogens (primary N) is 1. The van der Waals surface area contributed by atoms with E-state index in [4.69, 9.17) is 5.73 Å². The normalized spacial score (nSPS) is 18.4.